The highest BCUT2D eigenvalue weighted by Crippen LogP contribution is 2.30. The van der Waals surface area contributed by atoms with Crippen LogP contribution in [0.15, 0.2) is 48.5 Å². The van der Waals surface area contributed by atoms with Gasteiger partial charge in [0.25, 0.3) is 0 Å². The van der Waals surface area contributed by atoms with Gasteiger partial charge in [-0.05, 0) is 48.9 Å². The van der Waals surface area contributed by atoms with Gasteiger partial charge < -0.3 is 20.5 Å². The number of carbonyl (C=O) groups is 2. The molecule has 7 nitrogen and oxygen atoms in total. The molecule has 2 heterocycles. The summed E-state index contributed by atoms with van der Waals surface area (Å²) in [4.78, 5) is 31.4. The van der Waals surface area contributed by atoms with E-state index in [0.29, 0.717) is 50.1 Å². The molecule has 0 fully saturated rings. The highest BCUT2D eigenvalue weighted by Gasteiger charge is 2.32. The maximum atomic E-state index is 14.1. The van der Waals surface area contributed by atoms with Crippen LogP contribution >= 0.6 is 0 Å². The fourth-order valence-electron chi connectivity index (χ4n) is 4.85. The number of benzene rings is 2. The molecule has 0 aliphatic carbocycles. The number of rotatable bonds is 10. The van der Waals surface area contributed by atoms with Gasteiger partial charge in [-0.15, -0.1) is 0 Å². The standard InChI is InChI=1S/C28H35F2N5O2.C2H6/c1-19(24(31)26(37)34-17-14-20-10-4-5-11-21(20)18-34)25(36)32-15-8-3-9-16-35-23-13-7-6-12-22(23)33-27(35)28(2,29)30;1-2/h4-7,10-13,19,24H,3,8-9,14-18,31H2,1-2H3,(H,32,36);1-2H3. The molecule has 1 aliphatic heterocycles. The van der Waals surface area contributed by atoms with Gasteiger partial charge in [-0.25, -0.2) is 4.98 Å². The van der Waals surface area contributed by atoms with Crippen LogP contribution in [0.2, 0.25) is 0 Å². The van der Waals surface area contributed by atoms with Crippen LogP contribution in [-0.2, 0) is 35.0 Å². The van der Waals surface area contributed by atoms with Crippen molar-refractivity contribution < 1.29 is 18.4 Å². The number of nitrogens with one attached hydrogen (secondary N) is 1. The Kier molecular flexibility index (Phi) is 10.6. The Hall–Kier alpha value is -3.33. The highest BCUT2D eigenvalue weighted by molar-refractivity contribution is 5.89. The molecule has 2 unspecified atom stereocenters. The molecule has 3 N–H and O–H groups in total. The summed E-state index contributed by atoms with van der Waals surface area (Å²) in [5.74, 6) is -4.39. The van der Waals surface area contributed by atoms with Crippen molar-refractivity contribution in [2.24, 2.45) is 11.7 Å². The van der Waals surface area contributed by atoms with Crippen LogP contribution in [0.25, 0.3) is 11.0 Å². The second-order valence-corrected chi connectivity index (χ2v) is 9.91. The third-order valence-electron chi connectivity index (χ3n) is 7.08. The summed E-state index contributed by atoms with van der Waals surface area (Å²) in [5.41, 5.74) is 9.80. The lowest BCUT2D eigenvalue weighted by atomic mass is 9.96. The Balaban J connectivity index is 0.00000205. The van der Waals surface area contributed by atoms with Crippen molar-refractivity contribution >= 4 is 22.8 Å². The molecule has 0 spiro atoms. The van der Waals surface area contributed by atoms with Gasteiger partial charge in [-0.1, -0.05) is 57.2 Å². The van der Waals surface area contributed by atoms with E-state index in [1.807, 2.05) is 38.1 Å². The molecule has 1 aliphatic rings. The number of unbranched alkanes of at least 4 members (excludes halogenated alkanes) is 2. The number of para-hydroxylation sites is 2. The van der Waals surface area contributed by atoms with Gasteiger partial charge >= 0.3 is 5.92 Å². The number of fused-ring (bicyclic) bond motifs is 2. The molecule has 4 rings (SSSR count). The number of aryl methyl sites for hydroxylation is 1. The van der Waals surface area contributed by atoms with E-state index in [9.17, 15) is 18.4 Å². The van der Waals surface area contributed by atoms with Crippen LogP contribution in [0.4, 0.5) is 8.78 Å². The lowest BCUT2D eigenvalue weighted by molar-refractivity contribution is -0.138. The number of nitrogens with two attached hydrogens (primary N) is 1. The number of hydrogen-bond acceptors (Lipinski definition) is 4. The van der Waals surface area contributed by atoms with Gasteiger partial charge in [0.15, 0.2) is 5.82 Å². The Morgan fingerprint density at radius 2 is 1.72 bits per heavy atom. The third-order valence-corrected chi connectivity index (χ3v) is 7.08. The molecule has 9 heteroatoms. The maximum Gasteiger partial charge on any atom is 0.302 e. The van der Waals surface area contributed by atoms with E-state index in [1.165, 1.54) is 5.56 Å². The maximum absolute atomic E-state index is 14.1. The smallest absolute Gasteiger partial charge is 0.302 e. The molecule has 0 saturated heterocycles. The average Bonchev–Trinajstić information content (AvgIpc) is 3.33. The molecule has 2 amide bonds. The zero-order valence-electron chi connectivity index (χ0n) is 23.4. The van der Waals surface area contributed by atoms with E-state index >= 15 is 0 Å². The monoisotopic (exact) mass is 541 g/mol. The van der Waals surface area contributed by atoms with Gasteiger partial charge in [0, 0.05) is 33.1 Å². The molecular weight excluding hydrogens is 500 g/mol. The second kappa shape index (κ2) is 13.6. The van der Waals surface area contributed by atoms with Gasteiger partial charge in [0.2, 0.25) is 11.8 Å². The number of carbonyl (C=O) groups excluding carboxylic acids is 2. The fourth-order valence-corrected chi connectivity index (χ4v) is 4.85. The predicted molar refractivity (Wildman–Crippen MR) is 150 cm³/mol. The number of amides is 2. The lowest BCUT2D eigenvalue weighted by Gasteiger charge is -2.32. The van der Waals surface area contributed by atoms with E-state index in [2.05, 4.69) is 16.4 Å². The summed E-state index contributed by atoms with van der Waals surface area (Å²) in [6.45, 7) is 8.49. The third kappa shape index (κ3) is 7.41. The first kappa shape index (κ1) is 30.2. The van der Waals surface area contributed by atoms with Crippen molar-refractivity contribution in [2.75, 3.05) is 13.1 Å². The minimum atomic E-state index is -3.03. The second-order valence-electron chi connectivity index (χ2n) is 9.91. The van der Waals surface area contributed by atoms with Crippen LogP contribution in [0.5, 0.6) is 0 Å². The Morgan fingerprint density at radius 3 is 2.44 bits per heavy atom. The van der Waals surface area contributed by atoms with Crippen LogP contribution < -0.4 is 11.1 Å². The molecule has 0 saturated carbocycles. The normalized spacial score (nSPS) is 14.7. The minimum Gasteiger partial charge on any atom is -0.356 e. The van der Waals surface area contributed by atoms with Gasteiger partial charge in [0.05, 0.1) is 23.0 Å². The van der Waals surface area contributed by atoms with Crippen molar-refractivity contribution in [3.63, 3.8) is 0 Å². The highest BCUT2D eigenvalue weighted by atomic mass is 19.3. The number of hydrogen-bond donors (Lipinski definition) is 2. The first-order valence-electron chi connectivity index (χ1n) is 13.9. The Labute approximate surface area is 229 Å². The summed E-state index contributed by atoms with van der Waals surface area (Å²) in [6.07, 6.45) is 2.88. The molecule has 2 aromatic carbocycles. The van der Waals surface area contributed by atoms with Crippen LogP contribution in [0, 0.1) is 5.92 Å². The largest absolute Gasteiger partial charge is 0.356 e. The average molecular weight is 542 g/mol. The first-order valence-corrected chi connectivity index (χ1v) is 13.9. The van der Waals surface area contributed by atoms with Crippen molar-refractivity contribution in [1.29, 1.82) is 0 Å². The van der Waals surface area contributed by atoms with E-state index in [1.54, 1.807) is 34.6 Å². The number of aromatic nitrogens is 2. The summed E-state index contributed by atoms with van der Waals surface area (Å²) in [6, 6.07) is 14.3. The predicted octanol–water partition coefficient (Wildman–Crippen LogP) is 5.01. The first-order chi connectivity index (χ1) is 18.7. The zero-order chi connectivity index (χ0) is 28.6. The zero-order valence-corrected chi connectivity index (χ0v) is 23.4. The van der Waals surface area contributed by atoms with Crippen molar-refractivity contribution in [1.82, 2.24) is 19.8 Å². The van der Waals surface area contributed by atoms with E-state index in [0.717, 1.165) is 25.3 Å². The van der Waals surface area contributed by atoms with Crippen LogP contribution in [0.1, 0.15) is 63.9 Å². The summed E-state index contributed by atoms with van der Waals surface area (Å²) >= 11 is 0. The SMILES string of the molecule is CC.CC(C(=O)NCCCCCn1c(C(C)(F)F)nc2ccccc21)C(N)C(=O)N1CCc2ccccc2C1. The number of alkyl halides is 2. The van der Waals surface area contributed by atoms with Gasteiger partial charge in [-0.2, -0.15) is 8.78 Å². The number of halogens is 2. The topological polar surface area (TPSA) is 93.2 Å². The fraction of sp³-hybridized carbons (Fsp3) is 0.500. The van der Waals surface area contributed by atoms with Crippen LogP contribution in [0.3, 0.4) is 0 Å². The lowest BCUT2D eigenvalue weighted by Crippen LogP contribution is -2.52. The molecule has 212 valence electrons. The van der Waals surface area contributed by atoms with Crippen molar-refractivity contribution in [3.8, 4) is 0 Å². The molecular formula is C30H41F2N5O2. The molecule has 1 aromatic heterocycles. The minimum absolute atomic E-state index is 0.215. The van der Waals surface area contributed by atoms with E-state index in [-0.39, 0.29) is 17.6 Å². The molecule has 0 radical (unpaired) electrons. The quantitative estimate of drug-likeness (QED) is 0.353. The van der Waals surface area contributed by atoms with Gasteiger partial charge in [-0.3, -0.25) is 9.59 Å². The number of imidazole rings is 1. The van der Waals surface area contributed by atoms with E-state index < -0.39 is 17.9 Å². The summed E-state index contributed by atoms with van der Waals surface area (Å²) < 4.78 is 29.8. The number of nitrogens with zero attached hydrogens (tertiary/aromatic N) is 3. The van der Waals surface area contributed by atoms with Crippen molar-refractivity contribution in [2.45, 2.75) is 78.4 Å². The molecule has 2 atom stereocenters. The Bertz CT molecular complexity index is 1250. The van der Waals surface area contributed by atoms with Gasteiger partial charge in [0.1, 0.15) is 0 Å². The molecule has 39 heavy (non-hydrogen) atoms. The summed E-state index contributed by atoms with van der Waals surface area (Å²) in [5, 5.41) is 2.87. The Morgan fingerprint density at radius 1 is 1.05 bits per heavy atom. The molecule has 0 bridgehead atoms. The van der Waals surface area contributed by atoms with Crippen molar-refractivity contribution in [3.05, 3.63) is 65.5 Å². The summed E-state index contributed by atoms with van der Waals surface area (Å²) in [7, 11) is 0. The van der Waals surface area contributed by atoms with Crippen LogP contribution in [-0.4, -0.2) is 45.4 Å². The van der Waals surface area contributed by atoms with E-state index in [4.69, 9.17) is 5.73 Å². The molecule has 3 aromatic rings.